The van der Waals surface area contributed by atoms with Gasteiger partial charge in [-0.15, -0.1) is 12.4 Å². The summed E-state index contributed by atoms with van der Waals surface area (Å²) in [5.74, 6) is -0.953. The number of halogens is 3. The van der Waals surface area contributed by atoms with Crippen LogP contribution in [0.5, 0.6) is 0 Å². The molecule has 0 bridgehead atoms. The number of hydrogen-bond acceptors (Lipinski definition) is 2. The van der Waals surface area contributed by atoms with E-state index >= 15 is 0 Å². The Morgan fingerprint density at radius 3 is 2.44 bits per heavy atom. The molecule has 1 heterocycles. The van der Waals surface area contributed by atoms with Crippen LogP contribution in [0.3, 0.4) is 0 Å². The fourth-order valence-corrected chi connectivity index (χ4v) is 1.91. The molecule has 0 amide bonds. The minimum Gasteiger partial charge on any atom is -0.326 e. The molecule has 2 nitrogen and oxygen atoms in total. The number of nitrogens with two attached hydrogens (primary N) is 1. The Kier molecular flexibility index (Phi) is 4.65. The summed E-state index contributed by atoms with van der Waals surface area (Å²) in [6, 6.07) is 4.09. The molecule has 0 aliphatic carbocycles. The third-order valence-electron chi connectivity index (χ3n) is 2.75. The van der Waals surface area contributed by atoms with Gasteiger partial charge >= 0.3 is 0 Å². The second-order valence-corrected chi connectivity index (χ2v) is 3.98. The molecular formula is C11H15ClF2N2. The van der Waals surface area contributed by atoms with Gasteiger partial charge in [-0.25, -0.2) is 8.78 Å². The summed E-state index contributed by atoms with van der Waals surface area (Å²) in [5.41, 5.74) is 5.87. The number of benzene rings is 1. The first-order chi connectivity index (χ1) is 7.16. The van der Waals surface area contributed by atoms with E-state index in [4.69, 9.17) is 5.73 Å². The smallest absolute Gasteiger partial charge is 0.130 e. The summed E-state index contributed by atoms with van der Waals surface area (Å²) in [5, 5.41) is 0. The zero-order valence-electron chi connectivity index (χ0n) is 8.83. The summed E-state index contributed by atoms with van der Waals surface area (Å²) in [4.78, 5) is 1.98. The van der Waals surface area contributed by atoms with Gasteiger partial charge in [-0.2, -0.15) is 0 Å². The van der Waals surface area contributed by atoms with Crippen molar-refractivity contribution in [2.45, 2.75) is 19.0 Å². The Morgan fingerprint density at radius 2 is 1.94 bits per heavy atom. The molecule has 1 aromatic rings. The van der Waals surface area contributed by atoms with Crippen LogP contribution in [-0.4, -0.2) is 24.0 Å². The maximum absolute atomic E-state index is 13.3. The standard InChI is InChI=1S/C11H14F2N2.ClH/c12-10-2-1-3-11(13)9(10)7-15-5-4-8(14)6-15;/h1-3,8H,4-7,14H2;1H. The average molecular weight is 249 g/mol. The average Bonchev–Trinajstić information content (AvgIpc) is 2.58. The van der Waals surface area contributed by atoms with Gasteiger partial charge in [-0.1, -0.05) is 6.07 Å². The molecule has 2 rings (SSSR count). The summed E-state index contributed by atoms with van der Waals surface area (Å²) in [6.45, 7) is 1.84. The molecule has 1 atom stereocenters. The molecule has 2 N–H and O–H groups in total. The van der Waals surface area contributed by atoms with Gasteiger partial charge in [0.15, 0.2) is 0 Å². The molecule has 90 valence electrons. The van der Waals surface area contributed by atoms with E-state index in [2.05, 4.69) is 0 Å². The van der Waals surface area contributed by atoms with Crippen molar-refractivity contribution in [1.82, 2.24) is 4.90 Å². The predicted octanol–water partition coefficient (Wildman–Crippen LogP) is 1.92. The third kappa shape index (κ3) is 2.90. The van der Waals surface area contributed by atoms with Crippen molar-refractivity contribution in [3.05, 3.63) is 35.4 Å². The minimum atomic E-state index is -0.476. The molecule has 1 fully saturated rings. The Labute approximate surface area is 99.8 Å². The molecule has 1 aliphatic rings. The fourth-order valence-electron chi connectivity index (χ4n) is 1.91. The van der Waals surface area contributed by atoms with Crippen molar-refractivity contribution in [1.29, 1.82) is 0 Å². The van der Waals surface area contributed by atoms with E-state index in [0.29, 0.717) is 13.1 Å². The highest BCUT2D eigenvalue weighted by Crippen LogP contribution is 2.17. The van der Waals surface area contributed by atoms with Gasteiger partial charge in [-0.3, -0.25) is 4.90 Å². The summed E-state index contributed by atoms with van der Waals surface area (Å²) >= 11 is 0. The van der Waals surface area contributed by atoms with Crippen LogP contribution in [0.2, 0.25) is 0 Å². The molecule has 0 aromatic heterocycles. The quantitative estimate of drug-likeness (QED) is 0.867. The zero-order chi connectivity index (χ0) is 10.8. The van der Waals surface area contributed by atoms with E-state index in [9.17, 15) is 8.78 Å². The first-order valence-electron chi connectivity index (χ1n) is 5.07. The molecule has 0 saturated carbocycles. The van der Waals surface area contributed by atoms with Crippen LogP contribution in [-0.2, 0) is 6.54 Å². The molecule has 1 aromatic carbocycles. The molecule has 0 spiro atoms. The lowest BCUT2D eigenvalue weighted by Gasteiger charge is -2.15. The SMILES string of the molecule is Cl.NC1CCN(Cc2c(F)cccc2F)C1. The molecule has 16 heavy (non-hydrogen) atoms. The van der Waals surface area contributed by atoms with Crippen LogP contribution in [0.15, 0.2) is 18.2 Å². The van der Waals surface area contributed by atoms with Crippen LogP contribution in [0, 0.1) is 11.6 Å². The summed E-state index contributed by atoms with van der Waals surface area (Å²) in [6.07, 6.45) is 0.899. The van der Waals surface area contributed by atoms with Gasteiger partial charge in [-0.05, 0) is 18.6 Å². The summed E-state index contributed by atoms with van der Waals surface area (Å²) < 4.78 is 26.6. The second-order valence-electron chi connectivity index (χ2n) is 3.98. The van der Waals surface area contributed by atoms with E-state index < -0.39 is 11.6 Å². The Hall–Kier alpha value is -0.710. The molecular weight excluding hydrogens is 234 g/mol. The number of nitrogens with zero attached hydrogens (tertiary/aromatic N) is 1. The second kappa shape index (κ2) is 5.57. The molecule has 5 heteroatoms. The van der Waals surface area contributed by atoms with Gasteiger partial charge in [0.05, 0.1) is 0 Å². The highest BCUT2D eigenvalue weighted by Gasteiger charge is 2.21. The van der Waals surface area contributed by atoms with Gasteiger partial charge in [0.25, 0.3) is 0 Å². The van der Waals surface area contributed by atoms with E-state index in [1.165, 1.54) is 18.2 Å². The van der Waals surface area contributed by atoms with Crippen molar-refractivity contribution >= 4 is 12.4 Å². The topological polar surface area (TPSA) is 29.3 Å². The van der Waals surface area contributed by atoms with Crippen molar-refractivity contribution < 1.29 is 8.78 Å². The molecule has 1 unspecified atom stereocenters. The van der Waals surface area contributed by atoms with Crippen molar-refractivity contribution in [3.8, 4) is 0 Å². The minimum absolute atomic E-state index is 0. The summed E-state index contributed by atoms with van der Waals surface area (Å²) in [7, 11) is 0. The third-order valence-corrected chi connectivity index (χ3v) is 2.75. The zero-order valence-corrected chi connectivity index (χ0v) is 9.64. The van der Waals surface area contributed by atoms with Crippen LogP contribution >= 0.6 is 12.4 Å². The number of hydrogen-bond donors (Lipinski definition) is 1. The maximum Gasteiger partial charge on any atom is 0.130 e. The first kappa shape index (κ1) is 13.4. The van der Waals surface area contributed by atoms with Crippen molar-refractivity contribution in [2.75, 3.05) is 13.1 Å². The number of rotatable bonds is 2. The monoisotopic (exact) mass is 248 g/mol. The highest BCUT2D eigenvalue weighted by molar-refractivity contribution is 5.85. The van der Waals surface area contributed by atoms with Crippen LogP contribution < -0.4 is 5.73 Å². The Morgan fingerprint density at radius 1 is 1.31 bits per heavy atom. The van der Waals surface area contributed by atoms with Gasteiger partial charge in [0, 0.05) is 31.2 Å². The highest BCUT2D eigenvalue weighted by atomic mass is 35.5. The van der Waals surface area contributed by atoms with E-state index in [1.54, 1.807) is 0 Å². The maximum atomic E-state index is 13.3. The van der Waals surface area contributed by atoms with Crippen molar-refractivity contribution in [2.24, 2.45) is 5.73 Å². The largest absolute Gasteiger partial charge is 0.326 e. The first-order valence-corrected chi connectivity index (χ1v) is 5.07. The van der Waals surface area contributed by atoms with E-state index in [0.717, 1.165) is 13.0 Å². The van der Waals surface area contributed by atoms with Crippen LogP contribution in [0.25, 0.3) is 0 Å². The van der Waals surface area contributed by atoms with E-state index in [-0.39, 0.29) is 24.0 Å². The predicted molar refractivity (Wildman–Crippen MR) is 61.5 cm³/mol. The lowest BCUT2D eigenvalue weighted by molar-refractivity contribution is 0.314. The lowest BCUT2D eigenvalue weighted by Crippen LogP contribution is -2.26. The normalized spacial score (nSPS) is 20.8. The van der Waals surface area contributed by atoms with Gasteiger partial charge < -0.3 is 5.73 Å². The Bertz CT molecular complexity index is 340. The van der Waals surface area contributed by atoms with Crippen molar-refractivity contribution in [3.63, 3.8) is 0 Å². The molecule has 0 radical (unpaired) electrons. The molecule has 1 saturated heterocycles. The fraction of sp³-hybridized carbons (Fsp3) is 0.455. The van der Waals surface area contributed by atoms with Crippen LogP contribution in [0.4, 0.5) is 8.78 Å². The molecule has 1 aliphatic heterocycles. The van der Waals surface area contributed by atoms with Gasteiger partial charge in [0.2, 0.25) is 0 Å². The lowest BCUT2D eigenvalue weighted by atomic mass is 10.2. The van der Waals surface area contributed by atoms with Gasteiger partial charge in [0.1, 0.15) is 11.6 Å². The van der Waals surface area contributed by atoms with E-state index in [1.807, 2.05) is 4.90 Å². The Balaban J connectivity index is 0.00000128. The van der Waals surface area contributed by atoms with Crippen LogP contribution in [0.1, 0.15) is 12.0 Å². The number of likely N-dealkylation sites (tertiary alicyclic amines) is 1.